The van der Waals surface area contributed by atoms with E-state index in [2.05, 4.69) is 32.1 Å². The monoisotopic (exact) mass is 674 g/mol. The van der Waals surface area contributed by atoms with Gasteiger partial charge in [0, 0.05) is 38.1 Å². The molecular formula is C33H47F5N4O5. The number of ether oxygens (including phenoxy) is 2. The number of hydrogen-bond donors (Lipinski definition) is 2. The molecule has 0 aliphatic carbocycles. The number of methoxy groups -OCH3 is 1. The average Bonchev–Trinajstić information content (AvgIpc) is 3.03. The molecule has 0 spiro atoms. The first-order valence-electron chi connectivity index (χ1n) is 14.6. The van der Waals surface area contributed by atoms with Gasteiger partial charge >= 0.3 is 0 Å². The van der Waals surface area contributed by atoms with Gasteiger partial charge in [-0.15, -0.1) is 0 Å². The maximum atomic E-state index is 12.7. The highest BCUT2D eigenvalue weighted by Crippen LogP contribution is 2.26. The third-order valence-electron chi connectivity index (χ3n) is 5.73. The minimum atomic E-state index is -1.66. The molecule has 2 atom stereocenters. The van der Waals surface area contributed by atoms with E-state index in [0.717, 1.165) is 25.7 Å². The SMILES string of the molecule is C=Nc1ccc(F)cc1.CC=NCCC(CCNC)C(=O)NC(C)CC=O.COC(C)(C)C.O=CCOc1c(F)c(F)cc(F)c1F. The van der Waals surface area contributed by atoms with E-state index >= 15 is 0 Å². The Bertz CT molecular complexity index is 1200. The Morgan fingerprint density at radius 2 is 1.55 bits per heavy atom. The second-order valence-corrected chi connectivity index (χ2v) is 10.6. The third-order valence-corrected chi connectivity index (χ3v) is 5.73. The molecule has 2 aromatic rings. The van der Waals surface area contributed by atoms with E-state index in [1.807, 2.05) is 41.7 Å². The molecule has 0 radical (unpaired) electrons. The van der Waals surface area contributed by atoms with Crippen molar-refractivity contribution in [3.8, 4) is 5.75 Å². The number of hydrogen-bond acceptors (Lipinski definition) is 8. The molecular weight excluding hydrogens is 627 g/mol. The first kappa shape index (κ1) is 45.1. The van der Waals surface area contributed by atoms with Crippen LogP contribution in [0.4, 0.5) is 27.6 Å². The summed E-state index contributed by atoms with van der Waals surface area (Å²) >= 11 is 0. The van der Waals surface area contributed by atoms with Crippen LogP contribution in [0.5, 0.6) is 5.75 Å². The molecule has 2 N–H and O–H groups in total. The molecule has 2 aromatic carbocycles. The standard InChI is InChI=1S/C13H25N3O2.C8H4F4O2.C7H6FN.C5H12O/c1-4-15-9-6-12(5-8-14-3)13(18)16-11(2)7-10-17;9-4-3-5(10)7(12)8(6(4)11)14-2-1-13;1-9-7-4-2-6(8)3-5-7;1-5(2,3)6-4/h4,10-12,14H,5-9H2,1-3H3,(H,16,18);1,3H,2H2;2-5H,1H2;1-4H3. The van der Waals surface area contributed by atoms with Gasteiger partial charge in [0.2, 0.25) is 17.5 Å². The van der Waals surface area contributed by atoms with Crippen molar-refractivity contribution in [1.29, 1.82) is 0 Å². The molecule has 1 amide bonds. The fraction of sp³-hybridized carbons (Fsp3) is 0.485. The lowest BCUT2D eigenvalue weighted by atomic mass is 9.99. The van der Waals surface area contributed by atoms with Crippen molar-refractivity contribution in [3.05, 3.63) is 59.4 Å². The smallest absolute Gasteiger partial charge is 0.223 e. The van der Waals surface area contributed by atoms with E-state index in [9.17, 15) is 36.3 Å². The molecule has 47 heavy (non-hydrogen) atoms. The van der Waals surface area contributed by atoms with Gasteiger partial charge in [-0.1, -0.05) is 0 Å². The lowest BCUT2D eigenvalue weighted by Gasteiger charge is -2.18. The normalized spacial score (nSPS) is 11.7. The van der Waals surface area contributed by atoms with Crippen molar-refractivity contribution in [2.45, 2.75) is 65.5 Å². The number of carbonyl (C=O) groups excluding carboxylic acids is 3. The zero-order chi connectivity index (χ0) is 36.4. The predicted molar refractivity (Wildman–Crippen MR) is 174 cm³/mol. The number of benzene rings is 2. The summed E-state index contributed by atoms with van der Waals surface area (Å²) in [5.41, 5.74) is 0.733. The Morgan fingerprint density at radius 1 is 1.00 bits per heavy atom. The minimum absolute atomic E-state index is 0.0194. The molecule has 0 aromatic heterocycles. The first-order chi connectivity index (χ1) is 22.1. The fourth-order valence-electron chi connectivity index (χ4n) is 2.99. The number of halogens is 5. The lowest BCUT2D eigenvalue weighted by Crippen LogP contribution is -2.38. The van der Waals surface area contributed by atoms with Crippen LogP contribution >= 0.6 is 0 Å². The van der Waals surface area contributed by atoms with Gasteiger partial charge in [-0.05, 0) is 98.3 Å². The van der Waals surface area contributed by atoms with Crippen LogP contribution in [0, 0.1) is 35.0 Å². The van der Waals surface area contributed by atoms with E-state index in [1.54, 1.807) is 25.5 Å². The zero-order valence-electron chi connectivity index (χ0n) is 28.0. The average molecular weight is 675 g/mol. The van der Waals surface area contributed by atoms with Gasteiger partial charge in [0.15, 0.2) is 23.7 Å². The van der Waals surface area contributed by atoms with Crippen molar-refractivity contribution in [3.63, 3.8) is 0 Å². The first-order valence-corrected chi connectivity index (χ1v) is 14.6. The third kappa shape index (κ3) is 22.2. The quantitative estimate of drug-likeness (QED) is 0.107. The molecule has 0 saturated heterocycles. The van der Waals surface area contributed by atoms with Crippen LogP contribution in [0.25, 0.3) is 0 Å². The molecule has 0 aliphatic rings. The number of rotatable bonds is 14. The van der Waals surface area contributed by atoms with E-state index in [1.165, 1.54) is 12.1 Å². The highest BCUT2D eigenvalue weighted by atomic mass is 19.2. The van der Waals surface area contributed by atoms with Crippen LogP contribution in [0.2, 0.25) is 0 Å². The maximum Gasteiger partial charge on any atom is 0.223 e. The van der Waals surface area contributed by atoms with Crippen LogP contribution in [0.1, 0.15) is 53.9 Å². The number of nitrogens with one attached hydrogen (secondary N) is 2. The number of carbonyl (C=O) groups is 3. The van der Waals surface area contributed by atoms with Gasteiger partial charge in [0.25, 0.3) is 0 Å². The van der Waals surface area contributed by atoms with Crippen LogP contribution in [-0.4, -0.2) is 76.9 Å². The van der Waals surface area contributed by atoms with Crippen molar-refractivity contribution >= 4 is 37.1 Å². The van der Waals surface area contributed by atoms with Crippen molar-refractivity contribution in [2.75, 3.05) is 33.9 Å². The Balaban J connectivity index is 0. The molecule has 0 fully saturated rings. The maximum absolute atomic E-state index is 12.7. The number of nitrogens with zero attached hydrogens (tertiary/aromatic N) is 2. The zero-order valence-corrected chi connectivity index (χ0v) is 28.0. The van der Waals surface area contributed by atoms with Gasteiger partial charge in [0.1, 0.15) is 18.7 Å². The van der Waals surface area contributed by atoms with Crippen molar-refractivity contribution in [1.82, 2.24) is 10.6 Å². The highest BCUT2D eigenvalue weighted by molar-refractivity contribution is 5.79. The number of aliphatic imine (C=N–C) groups is 2. The van der Waals surface area contributed by atoms with Crippen LogP contribution in [0.3, 0.4) is 0 Å². The van der Waals surface area contributed by atoms with Crippen LogP contribution in [-0.2, 0) is 19.1 Å². The van der Waals surface area contributed by atoms with Gasteiger partial charge in [0.05, 0.1) is 11.3 Å². The summed E-state index contributed by atoms with van der Waals surface area (Å²) in [6.07, 6.45) is 4.66. The molecule has 0 bridgehead atoms. The highest BCUT2D eigenvalue weighted by Gasteiger charge is 2.20. The predicted octanol–water partition coefficient (Wildman–Crippen LogP) is 6.20. The Hall–Kier alpha value is -4.04. The summed E-state index contributed by atoms with van der Waals surface area (Å²) in [5.74, 6) is -7.98. The molecule has 0 heterocycles. The summed E-state index contributed by atoms with van der Waals surface area (Å²) < 4.78 is 71.8. The van der Waals surface area contributed by atoms with Crippen LogP contribution in [0.15, 0.2) is 40.3 Å². The molecule has 2 rings (SSSR count). The Morgan fingerprint density at radius 3 is 1.98 bits per heavy atom. The topological polar surface area (TPSA) is 118 Å². The molecule has 0 aliphatic heterocycles. The van der Waals surface area contributed by atoms with Gasteiger partial charge in [-0.2, -0.15) is 8.78 Å². The number of amides is 1. The van der Waals surface area contributed by atoms with Crippen LogP contribution < -0.4 is 15.4 Å². The Kier molecular flexibility index (Phi) is 25.0. The van der Waals surface area contributed by atoms with Gasteiger partial charge in [-0.3, -0.25) is 19.6 Å². The minimum Gasteiger partial charge on any atom is -0.480 e. The van der Waals surface area contributed by atoms with E-state index in [-0.39, 0.29) is 41.6 Å². The van der Waals surface area contributed by atoms with Gasteiger partial charge < -0.3 is 24.9 Å². The second kappa shape index (κ2) is 26.1. The second-order valence-electron chi connectivity index (χ2n) is 10.6. The lowest BCUT2D eigenvalue weighted by molar-refractivity contribution is -0.126. The Labute approximate surface area is 274 Å². The summed E-state index contributed by atoms with van der Waals surface area (Å²) in [5, 5.41) is 5.91. The van der Waals surface area contributed by atoms with Crippen molar-refractivity contribution < 1.29 is 45.8 Å². The molecule has 264 valence electrons. The number of aldehydes is 2. The summed E-state index contributed by atoms with van der Waals surface area (Å²) in [6.45, 7) is 13.8. The largest absolute Gasteiger partial charge is 0.480 e. The van der Waals surface area contributed by atoms with E-state index in [4.69, 9.17) is 4.74 Å². The summed E-state index contributed by atoms with van der Waals surface area (Å²) in [6, 6.07) is 5.80. The van der Waals surface area contributed by atoms with Crippen molar-refractivity contribution in [2.24, 2.45) is 15.9 Å². The van der Waals surface area contributed by atoms with E-state index < -0.39 is 35.6 Å². The fourth-order valence-corrected chi connectivity index (χ4v) is 2.99. The van der Waals surface area contributed by atoms with E-state index in [0.29, 0.717) is 18.7 Å². The summed E-state index contributed by atoms with van der Waals surface area (Å²) in [7, 11) is 3.58. The molecule has 9 nitrogen and oxygen atoms in total. The van der Waals surface area contributed by atoms with Gasteiger partial charge in [-0.25, -0.2) is 13.2 Å². The summed E-state index contributed by atoms with van der Waals surface area (Å²) in [4.78, 5) is 39.9. The molecule has 0 saturated carbocycles. The molecule has 2 unspecified atom stereocenters. The molecule has 14 heteroatoms.